The van der Waals surface area contributed by atoms with Crippen molar-refractivity contribution in [1.82, 2.24) is 0 Å². The van der Waals surface area contributed by atoms with Crippen molar-refractivity contribution < 1.29 is 87.7 Å². The van der Waals surface area contributed by atoms with Gasteiger partial charge in [0.2, 0.25) is 0 Å². The molecule has 0 heterocycles. The van der Waals surface area contributed by atoms with Crippen molar-refractivity contribution >= 4 is 23.9 Å². The summed E-state index contributed by atoms with van der Waals surface area (Å²) in [6.45, 7) is 13.8. The van der Waals surface area contributed by atoms with Crippen molar-refractivity contribution in [3.05, 3.63) is 48.6 Å². The van der Waals surface area contributed by atoms with Crippen molar-refractivity contribution in [2.45, 2.75) is 76.5 Å². The summed E-state index contributed by atoms with van der Waals surface area (Å²) in [5.74, 6) is -3.09. The zero-order valence-corrected chi connectivity index (χ0v) is 30.1. The largest absolute Gasteiger partial charge is 0.460 e. The van der Waals surface area contributed by atoms with Crippen LogP contribution in [-0.4, -0.2) is 169 Å². The van der Waals surface area contributed by atoms with E-state index >= 15 is 0 Å². The molecule has 0 radical (unpaired) electrons. The average Bonchev–Trinajstić information content (AvgIpc) is 3.09. The lowest BCUT2D eigenvalue weighted by molar-refractivity contribution is -0.197. The molecular weight excluding hydrogens is 696 g/mol. The molecule has 0 bridgehead atoms. The monoisotopic (exact) mass is 750 g/mol. The molecule has 52 heavy (non-hydrogen) atoms. The van der Waals surface area contributed by atoms with E-state index < -0.39 is 139 Å². The molecule has 0 rings (SSSR count). The summed E-state index contributed by atoms with van der Waals surface area (Å²) in [5.41, 5.74) is 0.327. The first kappa shape index (κ1) is 48.4. The standard InChI is InChI=1S/C34H54O18/c1-19(2)31(41)49-14-23(36)10-45-18-28(47-12-25(38)16-51-33(43)21(5)6)29(40)30(48-13-26(39)17-52-34(44)22(7)8)27(9-35)46-11-24(37)15-50-32(42)20(3)4/h23-30,35-40H,1,3,5,7,9-18H2,2,4,6,8H3. The van der Waals surface area contributed by atoms with Gasteiger partial charge in [-0.05, 0) is 27.7 Å². The van der Waals surface area contributed by atoms with E-state index in [0.717, 1.165) is 0 Å². The number of aliphatic hydroxyl groups excluding tert-OH is 6. The van der Waals surface area contributed by atoms with Gasteiger partial charge in [-0.2, -0.15) is 0 Å². The maximum absolute atomic E-state index is 11.8. The fraction of sp³-hybridized carbons (Fsp3) is 0.647. The van der Waals surface area contributed by atoms with Crippen molar-refractivity contribution in [2.75, 3.05) is 66.1 Å². The van der Waals surface area contributed by atoms with Gasteiger partial charge in [0, 0.05) is 22.3 Å². The van der Waals surface area contributed by atoms with E-state index in [-0.39, 0.29) is 22.3 Å². The lowest BCUT2D eigenvalue weighted by atomic mass is 10.0. The molecule has 0 aromatic rings. The van der Waals surface area contributed by atoms with Crippen LogP contribution in [-0.2, 0) is 57.1 Å². The van der Waals surface area contributed by atoms with Crippen LogP contribution in [0.1, 0.15) is 27.7 Å². The fourth-order valence-electron chi connectivity index (χ4n) is 3.52. The third-order valence-electron chi connectivity index (χ3n) is 6.36. The molecule has 18 heteroatoms. The second-order valence-electron chi connectivity index (χ2n) is 11.9. The van der Waals surface area contributed by atoms with Gasteiger partial charge in [0.05, 0.1) is 39.6 Å². The van der Waals surface area contributed by atoms with Gasteiger partial charge >= 0.3 is 23.9 Å². The molecule has 8 unspecified atom stereocenters. The van der Waals surface area contributed by atoms with E-state index in [1.54, 1.807) is 0 Å². The topological polar surface area (TPSA) is 263 Å². The van der Waals surface area contributed by atoms with Crippen molar-refractivity contribution in [1.29, 1.82) is 0 Å². The van der Waals surface area contributed by atoms with Crippen molar-refractivity contribution in [3.63, 3.8) is 0 Å². The molecule has 18 nitrogen and oxygen atoms in total. The molecule has 0 saturated heterocycles. The first-order valence-electron chi connectivity index (χ1n) is 16.0. The normalized spacial score (nSPS) is 15.8. The zero-order chi connectivity index (χ0) is 40.0. The number of carbonyl (C=O) groups is 4. The first-order valence-corrected chi connectivity index (χ1v) is 16.0. The Morgan fingerprint density at radius 2 is 0.769 bits per heavy atom. The van der Waals surface area contributed by atoms with Crippen LogP contribution in [0.5, 0.6) is 0 Å². The van der Waals surface area contributed by atoms with Gasteiger partial charge in [-0.3, -0.25) is 0 Å². The van der Waals surface area contributed by atoms with Gasteiger partial charge in [-0.1, -0.05) is 26.3 Å². The number of carbonyl (C=O) groups excluding carboxylic acids is 4. The molecular formula is C34H54O18. The minimum Gasteiger partial charge on any atom is -0.460 e. The van der Waals surface area contributed by atoms with Crippen LogP contribution >= 0.6 is 0 Å². The van der Waals surface area contributed by atoms with Crippen molar-refractivity contribution in [2.24, 2.45) is 0 Å². The SMILES string of the molecule is C=C(C)C(=O)OCC(O)COCC(OCC(O)COC(=O)C(=C)C)C(O)C(OCC(O)COC(=O)C(=C)C)C(CO)OCC(O)COC(=O)C(=C)C. The van der Waals surface area contributed by atoms with Crippen LogP contribution in [0.25, 0.3) is 0 Å². The third-order valence-corrected chi connectivity index (χ3v) is 6.36. The van der Waals surface area contributed by atoms with E-state index in [4.69, 9.17) is 37.9 Å². The Labute approximate surface area is 302 Å². The summed E-state index contributed by atoms with van der Waals surface area (Å²) in [7, 11) is 0. The second-order valence-corrected chi connectivity index (χ2v) is 11.9. The maximum Gasteiger partial charge on any atom is 0.333 e. The van der Waals surface area contributed by atoms with E-state index in [0.29, 0.717) is 0 Å². The van der Waals surface area contributed by atoms with Crippen LogP contribution in [0.3, 0.4) is 0 Å². The molecule has 6 N–H and O–H groups in total. The summed E-state index contributed by atoms with van der Waals surface area (Å²) < 4.78 is 42.0. The highest BCUT2D eigenvalue weighted by Crippen LogP contribution is 2.17. The third kappa shape index (κ3) is 21.1. The van der Waals surface area contributed by atoms with Crippen LogP contribution in [0.2, 0.25) is 0 Å². The van der Waals surface area contributed by atoms with Gasteiger partial charge in [0.25, 0.3) is 0 Å². The molecule has 0 aromatic carbocycles. The highest BCUT2D eigenvalue weighted by Gasteiger charge is 2.37. The van der Waals surface area contributed by atoms with E-state index in [9.17, 15) is 49.8 Å². The molecule has 0 aromatic heterocycles. The van der Waals surface area contributed by atoms with Gasteiger partial charge in [-0.25, -0.2) is 19.2 Å². The van der Waals surface area contributed by atoms with Crippen molar-refractivity contribution in [3.8, 4) is 0 Å². The number of ether oxygens (including phenoxy) is 8. The fourth-order valence-corrected chi connectivity index (χ4v) is 3.52. The van der Waals surface area contributed by atoms with Crippen LogP contribution in [0.4, 0.5) is 0 Å². The van der Waals surface area contributed by atoms with Crippen LogP contribution < -0.4 is 0 Å². The molecule has 0 saturated carbocycles. The summed E-state index contributed by atoms with van der Waals surface area (Å²) in [5, 5.41) is 63.1. The maximum atomic E-state index is 11.8. The lowest BCUT2D eigenvalue weighted by Crippen LogP contribution is -2.52. The smallest absolute Gasteiger partial charge is 0.333 e. The summed E-state index contributed by atoms with van der Waals surface area (Å²) in [6, 6.07) is 0. The molecule has 0 aliphatic heterocycles. The zero-order valence-electron chi connectivity index (χ0n) is 30.1. The van der Waals surface area contributed by atoms with Gasteiger partial charge in [0.15, 0.2) is 0 Å². The Hall–Kier alpha value is -3.56. The Kier molecular flexibility index (Phi) is 24.4. The Bertz CT molecular complexity index is 1180. The number of esters is 4. The van der Waals surface area contributed by atoms with Gasteiger partial charge in [0.1, 0.15) is 75.3 Å². The molecule has 0 amide bonds. The Morgan fingerprint density at radius 1 is 0.462 bits per heavy atom. The van der Waals surface area contributed by atoms with E-state index in [1.165, 1.54) is 27.7 Å². The number of hydrogen-bond donors (Lipinski definition) is 6. The van der Waals surface area contributed by atoms with Gasteiger partial charge in [-0.15, -0.1) is 0 Å². The molecule has 0 spiro atoms. The predicted molar refractivity (Wildman–Crippen MR) is 180 cm³/mol. The summed E-state index contributed by atoms with van der Waals surface area (Å²) in [6.07, 6.45) is -12.0. The molecule has 0 aliphatic rings. The second kappa shape index (κ2) is 26.2. The average molecular weight is 751 g/mol. The lowest BCUT2D eigenvalue weighted by Gasteiger charge is -2.35. The number of hydrogen-bond acceptors (Lipinski definition) is 18. The molecule has 0 aliphatic carbocycles. The molecule has 298 valence electrons. The minimum atomic E-state index is -1.83. The summed E-state index contributed by atoms with van der Waals surface area (Å²) >= 11 is 0. The highest BCUT2D eigenvalue weighted by atomic mass is 16.6. The number of aliphatic hydroxyl groups is 6. The van der Waals surface area contributed by atoms with Crippen LogP contribution in [0.15, 0.2) is 48.6 Å². The highest BCUT2D eigenvalue weighted by molar-refractivity contribution is 5.88. The Balaban J connectivity index is 6.07. The van der Waals surface area contributed by atoms with Crippen LogP contribution in [0, 0.1) is 0 Å². The summed E-state index contributed by atoms with van der Waals surface area (Å²) in [4.78, 5) is 46.8. The first-order chi connectivity index (χ1) is 24.3. The van der Waals surface area contributed by atoms with E-state index in [1.807, 2.05) is 0 Å². The van der Waals surface area contributed by atoms with E-state index in [2.05, 4.69) is 26.3 Å². The Morgan fingerprint density at radius 3 is 1.10 bits per heavy atom. The van der Waals surface area contributed by atoms with Gasteiger partial charge < -0.3 is 68.5 Å². The quantitative estimate of drug-likeness (QED) is 0.0287. The number of rotatable bonds is 29. The minimum absolute atomic E-state index is 0.0679. The molecule has 0 fully saturated rings. The predicted octanol–water partition coefficient (Wildman–Crippen LogP) is -1.57. The molecule has 8 atom stereocenters.